The van der Waals surface area contributed by atoms with Crippen molar-refractivity contribution in [1.82, 2.24) is 5.06 Å². The van der Waals surface area contributed by atoms with Crippen molar-refractivity contribution < 1.29 is 19.5 Å². The molecule has 2 rings (SSSR count). The van der Waals surface area contributed by atoms with E-state index < -0.39 is 5.92 Å². The molecule has 0 saturated carbocycles. The molecule has 1 atom stereocenters. The molecule has 1 heterocycles. The lowest BCUT2D eigenvalue weighted by Gasteiger charge is -2.27. The molecular formula is C15H19NO4. The normalized spacial score (nSPS) is 15.2. The van der Waals surface area contributed by atoms with E-state index in [-0.39, 0.29) is 5.97 Å². The van der Waals surface area contributed by atoms with E-state index in [2.05, 4.69) is 0 Å². The predicted octanol–water partition coefficient (Wildman–Crippen LogP) is 2.44. The Balaban J connectivity index is 2.37. The molecule has 0 aromatic heterocycles. The molecular weight excluding hydrogens is 258 g/mol. The van der Waals surface area contributed by atoms with E-state index in [1.807, 2.05) is 18.2 Å². The van der Waals surface area contributed by atoms with E-state index in [1.165, 1.54) is 0 Å². The van der Waals surface area contributed by atoms with E-state index in [9.17, 15) is 10.0 Å². The number of nitrogens with zero attached hydrogens (tertiary/aromatic N) is 1. The number of hydroxylamine groups is 2. The van der Waals surface area contributed by atoms with Crippen LogP contribution in [0.25, 0.3) is 5.57 Å². The van der Waals surface area contributed by atoms with Crippen molar-refractivity contribution in [1.29, 1.82) is 0 Å². The second-order valence-electron chi connectivity index (χ2n) is 4.68. The monoisotopic (exact) mass is 277 g/mol. The number of carbonyl (C=O) groups excluding carboxylic acids is 1. The van der Waals surface area contributed by atoms with Gasteiger partial charge in [0.15, 0.2) is 0 Å². The van der Waals surface area contributed by atoms with E-state index in [4.69, 9.17) is 9.47 Å². The molecule has 1 aromatic carbocycles. The summed E-state index contributed by atoms with van der Waals surface area (Å²) in [4.78, 5) is 11.9. The highest BCUT2D eigenvalue weighted by Crippen LogP contribution is 2.34. The second-order valence-corrected chi connectivity index (χ2v) is 4.68. The smallest absolute Gasteiger partial charge is 0.313 e. The van der Waals surface area contributed by atoms with E-state index in [1.54, 1.807) is 27.2 Å². The largest absolute Gasteiger partial charge is 0.497 e. The zero-order valence-corrected chi connectivity index (χ0v) is 11.9. The first-order valence-corrected chi connectivity index (χ1v) is 6.58. The summed E-state index contributed by atoms with van der Waals surface area (Å²) in [5, 5.41) is 10.9. The maximum atomic E-state index is 11.9. The van der Waals surface area contributed by atoms with Gasteiger partial charge in [-0.2, -0.15) is 0 Å². The highest BCUT2D eigenvalue weighted by Gasteiger charge is 2.26. The lowest BCUT2D eigenvalue weighted by atomic mass is 9.89. The number of hydrogen-bond acceptors (Lipinski definition) is 5. The molecule has 5 heteroatoms. The fraction of sp³-hybridized carbons (Fsp3) is 0.400. The average Bonchev–Trinajstić information content (AvgIpc) is 2.45. The maximum absolute atomic E-state index is 11.9. The van der Waals surface area contributed by atoms with Gasteiger partial charge < -0.3 is 9.47 Å². The van der Waals surface area contributed by atoms with Crippen LogP contribution in [0.15, 0.2) is 24.4 Å². The second kappa shape index (κ2) is 5.96. The van der Waals surface area contributed by atoms with Gasteiger partial charge in [-0.1, -0.05) is 6.07 Å². The zero-order valence-electron chi connectivity index (χ0n) is 11.9. The lowest BCUT2D eigenvalue weighted by molar-refractivity contribution is -0.145. The highest BCUT2D eigenvalue weighted by atomic mass is 16.5. The van der Waals surface area contributed by atoms with Crippen LogP contribution in [0, 0.1) is 5.92 Å². The third-order valence-corrected chi connectivity index (χ3v) is 3.35. The van der Waals surface area contributed by atoms with Gasteiger partial charge in [0.25, 0.3) is 0 Å². The van der Waals surface area contributed by atoms with Crippen molar-refractivity contribution >= 4 is 11.5 Å². The third-order valence-electron chi connectivity index (χ3n) is 3.35. The number of methoxy groups -OCH3 is 1. The van der Waals surface area contributed by atoms with Crippen molar-refractivity contribution in [3.63, 3.8) is 0 Å². The summed E-state index contributed by atoms with van der Waals surface area (Å²) in [7, 11) is 1.60. The molecule has 20 heavy (non-hydrogen) atoms. The number of ether oxygens (including phenoxy) is 2. The number of hydrogen-bond donors (Lipinski definition) is 1. The molecule has 0 saturated heterocycles. The molecule has 1 N–H and O–H groups in total. The van der Waals surface area contributed by atoms with Crippen LogP contribution in [0.4, 0.5) is 0 Å². The Bertz CT molecular complexity index is 539. The zero-order chi connectivity index (χ0) is 14.7. The Hall–Kier alpha value is -2.01. The van der Waals surface area contributed by atoms with Gasteiger partial charge in [0, 0.05) is 6.20 Å². The Morgan fingerprint density at radius 3 is 2.90 bits per heavy atom. The summed E-state index contributed by atoms with van der Waals surface area (Å²) in [5.74, 6) is -0.00458. The Morgan fingerprint density at radius 2 is 2.25 bits per heavy atom. The van der Waals surface area contributed by atoms with Crippen molar-refractivity contribution in [2.45, 2.75) is 20.4 Å². The van der Waals surface area contributed by atoms with Crippen LogP contribution < -0.4 is 4.74 Å². The average molecular weight is 277 g/mol. The minimum absolute atomic E-state index is 0.296. The summed E-state index contributed by atoms with van der Waals surface area (Å²) in [6.07, 6.45) is 1.58. The van der Waals surface area contributed by atoms with E-state index in [0.29, 0.717) is 13.2 Å². The first-order valence-electron chi connectivity index (χ1n) is 6.58. The summed E-state index contributed by atoms with van der Waals surface area (Å²) in [5.41, 5.74) is 2.60. The molecule has 0 aliphatic carbocycles. The number of fused-ring (bicyclic) bond motifs is 1. The molecule has 0 fully saturated rings. The number of carbonyl (C=O) groups is 1. The lowest BCUT2D eigenvalue weighted by Crippen LogP contribution is -2.24. The van der Waals surface area contributed by atoms with Crippen molar-refractivity contribution in [2.75, 3.05) is 13.7 Å². The van der Waals surface area contributed by atoms with Crippen LogP contribution >= 0.6 is 0 Å². The SMILES string of the molecule is CCOC(=O)C(C)C1=CN(O)Cc2cc(OC)ccc21. The van der Waals surface area contributed by atoms with Crippen LogP contribution in [0.1, 0.15) is 25.0 Å². The van der Waals surface area contributed by atoms with Gasteiger partial charge in [-0.15, -0.1) is 0 Å². The predicted molar refractivity (Wildman–Crippen MR) is 74.1 cm³/mol. The first kappa shape index (κ1) is 14.4. The van der Waals surface area contributed by atoms with Crippen molar-refractivity contribution in [3.8, 4) is 5.75 Å². The van der Waals surface area contributed by atoms with Gasteiger partial charge in [0.2, 0.25) is 0 Å². The molecule has 0 spiro atoms. The fourth-order valence-electron chi connectivity index (χ4n) is 2.30. The molecule has 1 aliphatic heterocycles. The van der Waals surface area contributed by atoms with Gasteiger partial charge in [-0.25, -0.2) is 0 Å². The number of esters is 1. The van der Waals surface area contributed by atoms with E-state index >= 15 is 0 Å². The topological polar surface area (TPSA) is 59.0 Å². The van der Waals surface area contributed by atoms with Crippen LogP contribution in [0.2, 0.25) is 0 Å². The third kappa shape index (κ3) is 2.77. The molecule has 1 unspecified atom stereocenters. The Kier molecular flexibility index (Phi) is 4.29. The molecule has 108 valence electrons. The van der Waals surface area contributed by atoms with Crippen molar-refractivity contribution in [3.05, 3.63) is 35.5 Å². The molecule has 0 radical (unpaired) electrons. The Morgan fingerprint density at radius 1 is 1.50 bits per heavy atom. The van der Waals surface area contributed by atoms with Crippen LogP contribution in [-0.2, 0) is 16.1 Å². The van der Waals surface area contributed by atoms with Gasteiger partial charge in [-0.05, 0) is 42.7 Å². The van der Waals surface area contributed by atoms with Gasteiger partial charge in [0.05, 0.1) is 26.2 Å². The highest BCUT2D eigenvalue weighted by molar-refractivity contribution is 5.89. The molecule has 0 amide bonds. The maximum Gasteiger partial charge on any atom is 0.313 e. The molecule has 1 aromatic rings. The molecule has 1 aliphatic rings. The van der Waals surface area contributed by atoms with Crippen LogP contribution in [-0.4, -0.2) is 30.0 Å². The Labute approximate surface area is 118 Å². The van der Waals surface area contributed by atoms with Crippen LogP contribution in [0.5, 0.6) is 5.75 Å². The summed E-state index contributed by atoms with van der Waals surface area (Å²) >= 11 is 0. The van der Waals surface area contributed by atoms with Gasteiger partial charge in [-0.3, -0.25) is 15.1 Å². The number of rotatable bonds is 4. The quantitative estimate of drug-likeness (QED) is 0.857. The van der Waals surface area contributed by atoms with Crippen LogP contribution in [0.3, 0.4) is 0 Å². The first-order chi connectivity index (χ1) is 9.56. The minimum Gasteiger partial charge on any atom is -0.497 e. The molecule has 5 nitrogen and oxygen atoms in total. The van der Waals surface area contributed by atoms with Gasteiger partial charge in [0.1, 0.15) is 5.75 Å². The van der Waals surface area contributed by atoms with E-state index in [0.717, 1.165) is 27.5 Å². The fourth-order valence-corrected chi connectivity index (χ4v) is 2.30. The van der Waals surface area contributed by atoms with Crippen molar-refractivity contribution in [2.24, 2.45) is 5.92 Å². The summed E-state index contributed by atoms with van der Waals surface area (Å²) < 4.78 is 10.2. The standard InChI is InChI=1S/C15H19NO4/c1-4-20-15(17)10(2)14-9-16(18)8-11-7-12(19-3)5-6-13(11)14/h5-7,9-10,18H,4,8H2,1-3H3. The molecule has 0 bridgehead atoms. The van der Waals surface area contributed by atoms with Gasteiger partial charge >= 0.3 is 5.97 Å². The number of benzene rings is 1. The summed E-state index contributed by atoms with van der Waals surface area (Å²) in [6, 6.07) is 5.61. The summed E-state index contributed by atoms with van der Waals surface area (Å²) in [6.45, 7) is 4.26. The minimum atomic E-state index is -0.433.